The molecule has 0 saturated carbocycles. The minimum absolute atomic E-state index is 0.0218. The van der Waals surface area contributed by atoms with Crippen LogP contribution >= 0.6 is 23.2 Å². The van der Waals surface area contributed by atoms with Crippen LogP contribution in [0.1, 0.15) is 15.9 Å². The summed E-state index contributed by atoms with van der Waals surface area (Å²) in [6, 6.07) is 4.20. The predicted octanol–water partition coefficient (Wildman–Crippen LogP) is 3.25. The topological polar surface area (TPSA) is 98.0 Å². The van der Waals surface area contributed by atoms with E-state index in [-0.39, 0.29) is 32.8 Å². The first-order valence-electron chi connectivity index (χ1n) is 5.63. The van der Waals surface area contributed by atoms with Crippen LogP contribution in [-0.4, -0.2) is 20.8 Å². The molecule has 1 amide bonds. The van der Waals surface area contributed by atoms with Crippen LogP contribution in [-0.2, 0) is 0 Å². The van der Waals surface area contributed by atoms with Crippen LogP contribution in [0.25, 0.3) is 0 Å². The van der Waals surface area contributed by atoms with Gasteiger partial charge in [-0.2, -0.15) is 0 Å². The standard InChI is InChI=1S/C12H8Cl2N4O3/c1-6-7(3-2-4-8(6)18(20)21)12(19)17-9-10(13)15-5-16-11(9)14/h2-5H,1H3,(H,17,19). The smallest absolute Gasteiger partial charge is 0.273 e. The molecule has 0 bridgehead atoms. The van der Waals surface area contributed by atoms with Crippen molar-refractivity contribution in [1.29, 1.82) is 0 Å². The highest BCUT2D eigenvalue weighted by atomic mass is 35.5. The first-order valence-corrected chi connectivity index (χ1v) is 6.38. The zero-order valence-corrected chi connectivity index (χ0v) is 12.1. The summed E-state index contributed by atoms with van der Waals surface area (Å²) in [6.07, 6.45) is 1.15. The number of nitro groups is 1. The maximum absolute atomic E-state index is 12.2. The number of nitrogens with one attached hydrogen (secondary N) is 1. The molecule has 0 aliphatic rings. The number of nitro benzene ring substituents is 1. The molecule has 0 unspecified atom stereocenters. The Morgan fingerprint density at radius 3 is 2.48 bits per heavy atom. The van der Waals surface area contributed by atoms with Crippen molar-refractivity contribution in [2.24, 2.45) is 0 Å². The summed E-state index contributed by atoms with van der Waals surface area (Å²) in [5.41, 5.74) is 0.283. The highest BCUT2D eigenvalue weighted by Crippen LogP contribution is 2.27. The van der Waals surface area contributed by atoms with E-state index in [4.69, 9.17) is 23.2 Å². The van der Waals surface area contributed by atoms with Gasteiger partial charge in [0.2, 0.25) is 0 Å². The van der Waals surface area contributed by atoms with Crippen molar-refractivity contribution in [3.8, 4) is 0 Å². The van der Waals surface area contributed by atoms with Gasteiger partial charge < -0.3 is 5.32 Å². The minimum atomic E-state index is -0.588. The van der Waals surface area contributed by atoms with Gasteiger partial charge in [-0.05, 0) is 13.0 Å². The lowest BCUT2D eigenvalue weighted by atomic mass is 10.1. The molecule has 0 spiro atoms. The third-order valence-electron chi connectivity index (χ3n) is 2.74. The van der Waals surface area contributed by atoms with E-state index in [1.165, 1.54) is 25.1 Å². The van der Waals surface area contributed by atoms with Gasteiger partial charge in [0.05, 0.1) is 4.92 Å². The Labute approximate surface area is 129 Å². The summed E-state index contributed by atoms with van der Waals surface area (Å²) in [7, 11) is 0. The second-order valence-electron chi connectivity index (χ2n) is 3.99. The summed E-state index contributed by atoms with van der Waals surface area (Å²) >= 11 is 11.6. The molecule has 2 rings (SSSR count). The van der Waals surface area contributed by atoms with Crippen LogP contribution in [0.4, 0.5) is 11.4 Å². The lowest BCUT2D eigenvalue weighted by Crippen LogP contribution is -2.15. The van der Waals surface area contributed by atoms with Gasteiger partial charge >= 0.3 is 0 Å². The van der Waals surface area contributed by atoms with Crippen molar-refractivity contribution in [2.45, 2.75) is 6.92 Å². The molecule has 7 nitrogen and oxygen atoms in total. The van der Waals surface area contributed by atoms with Crippen molar-refractivity contribution in [1.82, 2.24) is 9.97 Å². The second kappa shape index (κ2) is 6.02. The largest absolute Gasteiger partial charge is 0.317 e. The number of rotatable bonds is 3. The number of halogens is 2. The van der Waals surface area contributed by atoms with E-state index < -0.39 is 10.8 Å². The van der Waals surface area contributed by atoms with Crippen LogP contribution in [0.2, 0.25) is 10.3 Å². The van der Waals surface area contributed by atoms with Crippen LogP contribution in [0, 0.1) is 17.0 Å². The fraction of sp³-hybridized carbons (Fsp3) is 0.0833. The highest BCUT2D eigenvalue weighted by molar-refractivity contribution is 6.38. The number of hydrogen-bond donors (Lipinski definition) is 1. The maximum Gasteiger partial charge on any atom is 0.273 e. The zero-order chi connectivity index (χ0) is 15.6. The molecule has 0 saturated heterocycles. The summed E-state index contributed by atoms with van der Waals surface area (Å²) in [4.78, 5) is 29.9. The van der Waals surface area contributed by atoms with Crippen LogP contribution in [0.3, 0.4) is 0 Å². The SMILES string of the molecule is Cc1c(C(=O)Nc2c(Cl)ncnc2Cl)cccc1[N+](=O)[O-]. The summed E-state index contributed by atoms with van der Waals surface area (Å²) in [5, 5.41) is 13.3. The Balaban J connectivity index is 2.38. The quantitative estimate of drug-likeness (QED) is 0.530. The molecule has 0 atom stereocenters. The van der Waals surface area contributed by atoms with Gasteiger partial charge in [-0.1, -0.05) is 29.3 Å². The monoisotopic (exact) mass is 326 g/mol. The molecule has 108 valence electrons. The van der Waals surface area contributed by atoms with Crippen molar-refractivity contribution in [2.75, 3.05) is 5.32 Å². The molecule has 9 heteroatoms. The Morgan fingerprint density at radius 2 is 1.90 bits per heavy atom. The summed E-state index contributed by atoms with van der Waals surface area (Å²) in [6.45, 7) is 1.48. The first kappa shape index (κ1) is 15.1. The van der Waals surface area contributed by atoms with E-state index in [0.717, 1.165) is 6.33 Å². The molecule has 0 fully saturated rings. The third kappa shape index (κ3) is 3.09. The number of benzene rings is 1. The van der Waals surface area contributed by atoms with E-state index >= 15 is 0 Å². The van der Waals surface area contributed by atoms with Gasteiger partial charge in [0, 0.05) is 17.2 Å². The Hall–Kier alpha value is -2.25. The molecule has 0 aliphatic carbocycles. The Morgan fingerprint density at radius 1 is 1.29 bits per heavy atom. The normalized spacial score (nSPS) is 10.2. The molecule has 0 aliphatic heterocycles. The fourth-order valence-corrected chi connectivity index (χ4v) is 2.10. The predicted molar refractivity (Wildman–Crippen MR) is 77.8 cm³/mol. The van der Waals surface area contributed by atoms with E-state index in [1.54, 1.807) is 0 Å². The summed E-state index contributed by atoms with van der Waals surface area (Å²) < 4.78 is 0. The van der Waals surface area contributed by atoms with Crippen molar-refractivity contribution in [3.05, 3.63) is 56.1 Å². The fourth-order valence-electron chi connectivity index (χ4n) is 1.70. The number of carbonyl (C=O) groups is 1. The highest BCUT2D eigenvalue weighted by Gasteiger charge is 2.20. The number of hydrogen-bond acceptors (Lipinski definition) is 5. The van der Waals surface area contributed by atoms with E-state index in [2.05, 4.69) is 15.3 Å². The molecular formula is C12H8Cl2N4O3. The third-order valence-corrected chi connectivity index (χ3v) is 3.31. The van der Waals surface area contributed by atoms with Crippen LogP contribution in [0.5, 0.6) is 0 Å². The van der Waals surface area contributed by atoms with Gasteiger partial charge in [0.1, 0.15) is 12.0 Å². The maximum atomic E-state index is 12.2. The van der Waals surface area contributed by atoms with Crippen molar-refractivity contribution >= 4 is 40.5 Å². The molecular weight excluding hydrogens is 319 g/mol. The zero-order valence-electron chi connectivity index (χ0n) is 10.6. The van der Waals surface area contributed by atoms with Gasteiger partial charge in [-0.25, -0.2) is 9.97 Å². The average molecular weight is 327 g/mol. The van der Waals surface area contributed by atoms with E-state index in [0.29, 0.717) is 0 Å². The van der Waals surface area contributed by atoms with Crippen molar-refractivity contribution < 1.29 is 9.72 Å². The number of aromatic nitrogens is 2. The lowest BCUT2D eigenvalue weighted by molar-refractivity contribution is -0.385. The molecule has 1 aromatic carbocycles. The molecule has 1 N–H and O–H groups in total. The number of anilines is 1. The molecule has 1 aromatic heterocycles. The number of carbonyl (C=O) groups excluding carboxylic acids is 1. The number of nitrogens with zero attached hydrogens (tertiary/aromatic N) is 3. The molecule has 1 heterocycles. The van der Waals surface area contributed by atoms with Gasteiger partial charge in [0.15, 0.2) is 10.3 Å². The Kier molecular flexibility index (Phi) is 4.35. The first-order chi connectivity index (χ1) is 9.91. The summed E-state index contributed by atoms with van der Waals surface area (Å²) in [5.74, 6) is -0.588. The van der Waals surface area contributed by atoms with Crippen molar-refractivity contribution in [3.63, 3.8) is 0 Å². The van der Waals surface area contributed by atoms with E-state index in [9.17, 15) is 14.9 Å². The van der Waals surface area contributed by atoms with Crippen LogP contribution in [0.15, 0.2) is 24.5 Å². The molecule has 2 aromatic rings. The molecule has 21 heavy (non-hydrogen) atoms. The lowest BCUT2D eigenvalue weighted by Gasteiger charge is -2.09. The van der Waals surface area contributed by atoms with E-state index in [1.807, 2.05) is 0 Å². The minimum Gasteiger partial charge on any atom is -0.317 e. The number of amides is 1. The second-order valence-corrected chi connectivity index (χ2v) is 4.71. The van der Waals surface area contributed by atoms with Gasteiger partial charge in [0.25, 0.3) is 11.6 Å². The van der Waals surface area contributed by atoms with Gasteiger partial charge in [-0.15, -0.1) is 0 Å². The molecule has 0 radical (unpaired) electrons. The van der Waals surface area contributed by atoms with Crippen LogP contribution < -0.4 is 5.32 Å². The Bertz CT molecular complexity index is 716. The average Bonchev–Trinajstić information content (AvgIpc) is 2.42. The van der Waals surface area contributed by atoms with Gasteiger partial charge in [-0.3, -0.25) is 14.9 Å².